The zero-order valence-corrected chi connectivity index (χ0v) is 20.6. The van der Waals surface area contributed by atoms with Crippen molar-refractivity contribution in [2.24, 2.45) is 14.1 Å². The van der Waals surface area contributed by atoms with E-state index in [1.54, 1.807) is 44.4 Å². The number of carbonyl (C=O) groups is 1. The van der Waals surface area contributed by atoms with E-state index in [9.17, 15) is 18.0 Å². The van der Waals surface area contributed by atoms with Crippen molar-refractivity contribution in [1.29, 1.82) is 0 Å². The van der Waals surface area contributed by atoms with Gasteiger partial charge in [-0.15, -0.1) is 0 Å². The second-order valence-corrected chi connectivity index (χ2v) is 10.2. The number of imidazole rings is 1. The third-order valence-corrected chi connectivity index (χ3v) is 7.63. The normalized spacial score (nSPS) is 11.6. The predicted molar refractivity (Wildman–Crippen MR) is 134 cm³/mol. The molecule has 0 bridgehead atoms. The van der Waals surface area contributed by atoms with Crippen LogP contribution in [-0.2, 0) is 24.1 Å². The maximum atomic E-state index is 13.0. The van der Waals surface area contributed by atoms with Gasteiger partial charge < -0.3 is 5.32 Å². The maximum Gasteiger partial charge on any atom is 0.328 e. The highest BCUT2D eigenvalue weighted by Crippen LogP contribution is 2.27. The van der Waals surface area contributed by atoms with Crippen LogP contribution in [0.2, 0.25) is 5.02 Å². The molecule has 4 aromatic rings. The fraction of sp³-hybridized carbons (Fsp3) is 0.167. The molecule has 0 spiro atoms. The molecule has 0 saturated heterocycles. The fourth-order valence-corrected chi connectivity index (χ4v) is 5.23. The van der Waals surface area contributed by atoms with Gasteiger partial charge in [0.05, 0.1) is 16.1 Å². The number of halogens is 1. The molecule has 0 saturated carbocycles. The molecule has 0 aliphatic heterocycles. The monoisotopic (exact) mass is 498 g/mol. The summed E-state index contributed by atoms with van der Waals surface area (Å²) in [6.07, 6.45) is 0. The molecule has 34 heavy (non-hydrogen) atoms. The minimum atomic E-state index is -4.04. The number of aryl methyl sites for hydroxylation is 4. The van der Waals surface area contributed by atoms with Crippen molar-refractivity contribution in [2.45, 2.75) is 18.7 Å². The Morgan fingerprint density at radius 1 is 0.853 bits per heavy atom. The number of hydrogen-bond acceptors (Lipinski definition) is 4. The summed E-state index contributed by atoms with van der Waals surface area (Å²) in [7, 11) is -0.723. The van der Waals surface area contributed by atoms with Crippen LogP contribution in [0.4, 0.5) is 11.4 Å². The molecule has 2 N–H and O–H groups in total. The summed E-state index contributed by atoms with van der Waals surface area (Å²) in [6, 6.07) is 14.4. The molecular weight excluding hydrogens is 476 g/mol. The third-order valence-electron chi connectivity index (χ3n) is 5.77. The Balaban J connectivity index is 1.63. The summed E-state index contributed by atoms with van der Waals surface area (Å²) in [5.41, 5.74) is 4.15. The molecule has 8 nitrogen and oxygen atoms in total. The van der Waals surface area contributed by atoms with Crippen LogP contribution in [0.1, 0.15) is 21.5 Å². The summed E-state index contributed by atoms with van der Waals surface area (Å²) >= 11 is 6.18. The largest absolute Gasteiger partial charge is 0.328 e. The molecule has 0 fully saturated rings. The standard InChI is InChI=1S/C24H23ClN4O4S/c1-14-5-7-18(11-15(14)2)27-34(32,33)22-12-16(6-9-19(22)25)23(30)26-17-8-10-20-21(13-17)29(4)24(31)28(20)3/h5-13,27H,1-4H3,(H,26,30). The molecule has 176 valence electrons. The zero-order chi connectivity index (χ0) is 24.8. The number of hydrogen-bond donors (Lipinski definition) is 2. The topological polar surface area (TPSA) is 102 Å². The Kier molecular flexibility index (Phi) is 6.01. The highest BCUT2D eigenvalue weighted by molar-refractivity contribution is 7.92. The third kappa shape index (κ3) is 4.32. The van der Waals surface area contributed by atoms with Crippen LogP contribution in [0.25, 0.3) is 11.0 Å². The van der Waals surface area contributed by atoms with Gasteiger partial charge in [-0.1, -0.05) is 17.7 Å². The first kappa shape index (κ1) is 23.6. The molecule has 3 aromatic carbocycles. The minimum absolute atomic E-state index is 0.00594. The first-order valence-corrected chi connectivity index (χ1v) is 12.2. The van der Waals surface area contributed by atoms with Crippen molar-refractivity contribution < 1.29 is 13.2 Å². The molecular formula is C24H23ClN4O4S. The lowest BCUT2D eigenvalue weighted by Crippen LogP contribution is -2.19. The number of amides is 1. The van der Waals surface area contributed by atoms with Crippen molar-refractivity contribution in [3.63, 3.8) is 0 Å². The van der Waals surface area contributed by atoms with Crippen molar-refractivity contribution in [3.05, 3.63) is 86.8 Å². The van der Waals surface area contributed by atoms with Crippen LogP contribution in [0.15, 0.2) is 64.3 Å². The van der Waals surface area contributed by atoms with Crippen molar-refractivity contribution in [3.8, 4) is 0 Å². The minimum Gasteiger partial charge on any atom is -0.322 e. The summed E-state index contributed by atoms with van der Waals surface area (Å²) in [6.45, 7) is 3.82. The average molecular weight is 499 g/mol. The smallest absolute Gasteiger partial charge is 0.322 e. The van der Waals surface area contributed by atoms with E-state index in [1.165, 1.54) is 27.3 Å². The number of rotatable bonds is 5. The Bertz CT molecular complexity index is 1620. The summed E-state index contributed by atoms with van der Waals surface area (Å²) < 4.78 is 31.5. The van der Waals surface area contributed by atoms with Gasteiger partial charge in [0.1, 0.15) is 4.90 Å². The van der Waals surface area contributed by atoms with Gasteiger partial charge in [0, 0.05) is 31.0 Å². The molecule has 1 amide bonds. The number of fused-ring (bicyclic) bond motifs is 1. The first-order chi connectivity index (χ1) is 16.0. The Hall–Kier alpha value is -3.56. The molecule has 0 aliphatic rings. The Morgan fingerprint density at radius 2 is 1.53 bits per heavy atom. The van der Waals surface area contributed by atoms with Crippen LogP contribution in [-0.4, -0.2) is 23.5 Å². The number of nitrogens with zero attached hydrogens (tertiary/aromatic N) is 2. The van der Waals surface area contributed by atoms with Gasteiger partial charge in [0.25, 0.3) is 15.9 Å². The predicted octanol–water partition coefficient (Wildman–Crippen LogP) is 4.20. The van der Waals surface area contributed by atoms with Gasteiger partial charge in [-0.05, 0) is 73.5 Å². The van der Waals surface area contributed by atoms with E-state index in [1.807, 2.05) is 19.9 Å². The van der Waals surface area contributed by atoms with Gasteiger partial charge in [-0.2, -0.15) is 0 Å². The highest BCUT2D eigenvalue weighted by Gasteiger charge is 2.21. The quantitative estimate of drug-likeness (QED) is 0.430. The summed E-state index contributed by atoms with van der Waals surface area (Å²) in [5, 5.41) is 2.74. The Labute approximate surface area is 201 Å². The van der Waals surface area contributed by atoms with E-state index in [0.717, 1.165) is 16.6 Å². The van der Waals surface area contributed by atoms with Crippen LogP contribution < -0.4 is 15.7 Å². The SMILES string of the molecule is Cc1ccc(NS(=O)(=O)c2cc(C(=O)Nc3ccc4c(c3)n(C)c(=O)n4C)ccc2Cl)cc1C. The maximum absolute atomic E-state index is 13.0. The van der Waals surface area contributed by atoms with Crippen LogP contribution >= 0.6 is 11.6 Å². The number of nitrogens with one attached hydrogen (secondary N) is 2. The van der Waals surface area contributed by atoms with Gasteiger partial charge in [0.15, 0.2) is 0 Å². The number of carbonyl (C=O) groups excluding carboxylic acids is 1. The summed E-state index contributed by atoms with van der Waals surface area (Å²) in [5.74, 6) is -0.514. The average Bonchev–Trinajstić information content (AvgIpc) is 3.00. The van der Waals surface area contributed by atoms with E-state index in [-0.39, 0.29) is 21.2 Å². The van der Waals surface area contributed by atoms with Crippen LogP contribution in [0, 0.1) is 13.8 Å². The van der Waals surface area contributed by atoms with E-state index in [2.05, 4.69) is 10.0 Å². The zero-order valence-electron chi connectivity index (χ0n) is 19.0. The first-order valence-electron chi connectivity index (χ1n) is 10.3. The second kappa shape index (κ2) is 8.66. The Morgan fingerprint density at radius 3 is 2.24 bits per heavy atom. The van der Waals surface area contributed by atoms with Crippen molar-refractivity contribution in [1.82, 2.24) is 9.13 Å². The molecule has 0 atom stereocenters. The molecule has 1 heterocycles. The molecule has 0 radical (unpaired) electrons. The second-order valence-electron chi connectivity index (χ2n) is 8.11. The number of benzene rings is 3. The van der Waals surface area contributed by atoms with E-state index >= 15 is 0 Å². The van der Waals surface area contributed by atoms with E-state index < -0.39 is 15.9 Å². The van der Waals surface area contributed by atoms with Crippen LogP contribution in [0.5, 0.6) is 0 Å². The number of anilines is 2. The molecule has 10 heteroatoms. The van der Waals surface area contributed by atoms with Crippen molar-refractivity contribution in [2.75, 3.05) is 10.0 Å². The van der Waals surface area contributed by atoms with Gasteiger partial charge >= 0.3 is 5.69 Å². The van der Waals surface area contributed by atoms with Gasteiger partial charge in [-0.25, -0.2) is 13.2 Å². The van der Waals surface area contributed by atoms with E-state index in [0.29, 0.717) is 16.9 Å². The molecule has 0 unspecified atom stereocenters. The molecule has 1 aromatic heterocycles. The summed E-state index contributed by atoms with van der Waals surface area (Å²) in [4.78, 5) is 24.8. The lowest BCUT2D eigenvalue weighted by molar-refractivity contribution is 0.102. The number of sulfonamides is 1. The van der Waals surface area contributed by atoms with Gasteiger partial charge in [-0.3, -0.25) is 18.7 Å². The molecule has 4 rings (SSSR count). The van der Waals surface area contributed by atoms with Gasteiger partial charge in [0.2, 0.25) is 0 Å². The van der Waals surface area contributed by atoms with E-state index in [4.69, 9.17) is 11.6 Å². The lowest BCUT2D eigenvalue weighted by Gasteiger charge is -2.12. The number of aromatic nitrogens is 2. The highest BCUT2D eigenvalue weighted by atomic mass is 35.5. The van der Waals surface area contributed by atoms with Crippen molar-refractivity contribution >= 4 is 49.9 Å². The lowest BCUT2D eigenvalue weighted by atomic mass is 10.1. The molecule has 0 aliphatic carbocycles. The van der Waals surface area contributed by atoms with Crippen LogP contribution in [0.3, 0.4) is 0 Å². The fourth-order valence-electron chi connectivity index (χ4n) is 3.65.